The number of hydrogen-bond donors (Lipinski definition) is 2. The smallest absolute Gasteiger partial charge is 0.259 e. The van der Waals surface area contributed by atoms with E-state index in [-0.39, 0.29) is 5.91 Å². The number of nitrogens with one attached hydrogen (secondary N) is 1. The second kappa shape index (κ2) is 4.63. The van der Waals surface area contributed by atoms with Crippen LogP contribution in [0.15, 0.2) is 39.4 Å². The highest BCUT2D eigenvalue weighted by atomic mass is 79.9. The number of carbonyl (C=O) groups is 1. The first kappa shape index (κ1) is 11.7. The highest BCUT2D eigenvalue weighted by Crippen LogP contribution is 2.25. The van der Waals surface area contributed by atoms with Gasteiger partial charge in [-0.1, -0.05) is 0 Å². The molecule has 0 aliphatic rings. The minimum absolute atomic E-state index is 0.220. The first-order valence-corrected chi connectivity index (χ1v) is 5.77. The molecule has 0 radical (unpaired) electrons. The fourth-order valence-electron chi connectivity index (χ4n) is 1.45. The Balaban J connectivity index is 2.24. The van der Waals surface area contributed by atoms with Crippen molar-refractivity contribution in [2.24, 2.45) is 0 Å². The van der Waals surface area contributed by atoms with Crippen LogP contribution in [0.4, 0.5) is 11.4 Å². The average molecular weight is 295 g/mol. The maximum absolute atomic E-state index is 11.9. The lowest BCUT2D eigenvalue weighted by Crippen LogP contribution is -2.12. The first-order valence-electron chi connectivity index (χ1n) is 4.98. The molecule has 1 heterocycles. The summed E-state index contributed by atoms with van der Waals surface area (Å²) in [5.41, 5.74) is 7.40. The molecule has 0 atom stereocenters. The Hall–Kier alpha value is -1.75. The lowest BCUT2D eigenvalue weighted by molar-refractivity contribution is 0.102. The zero-order valence-corrected chi connectivity index (χ0v) is 10.7. The topological polar surface area (TPSA) is 68.3 Å². The third-order valence-electron chi connectivity index (χ3n) is 2.34. The van der Waals surface area contributed by atoms with Crippen LogP contribution in [0, 0.1) is 6.92 Å². The minimum atomic E-state index is -0.220. The molecule has 1 aromatic heterocycles. The molecule has 1 aromatic carbocycles. The molecular weight excluding hydrogens is 284 g/mol. The van der Waals surface area contributed by atoms with E-state index in [1.807, 2.05) is 0 Å². The predicted octanol–water partition coefficient (Wildman–Crippen LogP) is 3.19. The Labute approximate surface area is 107 Å². The van der Waals surface area contributed by atoms with Gasteiger partial charge >= 0.3 is 0 Å². The Bertz CT molecular complexity index is 563. The van der Waals surface area contributed by atoms with Crippen molar-refractivity contribution in [3.63, 3.8) is 0 Å². The van der Waals surface area contributed by atoms with Crippen molar-refractivity contribution in [3.8, 4) is 0 Å². The van der Waals surface area contributed by atoms with Gasteiger partial charge in [0.2, 0.25) is 0 Å². The second-order valence-corrected chi connectivity index (χ2v) is 4.44. The number of halogens is 1. The summed E-state index contributed by atoms with van der Waals surface area (Å²) in [6, 6.07) is 6.86. The van der Waals surface area contributed by atoms with E-state index in [1.54, 1.807) is 31.2 Å². The molecule has 2 rings (SSSR count). The molecule has 0 bridgehead atoms. The van der Waals surface area contributed by atoms with E-state index in [2.05, 4.69) is 21.2 Å². The van der Waals surface area contributed by atoms with E-state index in [4.69, 9.17) is 10.2 Å². The largest absolute Gasteiger partial charge is 0.469 e. The highest BCUT2D eigenvalue weighted by molar-refractivity contribution is 9.10. The Morgan fingerprint density at radius 1 is 1.41 bits per heavy atom. The fraction of sp³-hybridized carbons (Fsp3) is 0.0833. The van der Waals surface area contributed by atoms with Gasteiger partial charge in [-0.3, -0.25) is 4.79 Å². The molecular formula is C12H11BrN2O2. The van der Waals surface area contributed by atoms with Crippen LogP contribution in [0.25, 0.3) is 0 Å². The summed E-state index contributed by atoms with van der Waals surface area (Å²) in [5, 5.41) is 2.77. The van der Waals surface area contributed by atoms with Gasteiger partial charge in [0.05, 0.1) is 17.5 Å². The molecule has 0 spiro atoms. The number of nitrogen functional groups attached to an aromatic ring is 1. The molecule has 1 amide bonds. The number of benzene rings is 1. The number of nitrogens with two attached hydrogens (primary N) is 1. The molecule has 0 saturated carbocycles. The molecule has 3 N–H and O–H groups in total. The monoisotopic (exact) mass is 294 g/mol. The third kappa shape index (κ3) is 2.50. The highest BCUT2D eigenvalue weighted by Gasteiger charge is 2.12. The van der Waals surface area contributed by atoms with Crippen molar-refractivity contribution in [1.82, 2.24) is 0 Å². The zero-order valence-electron chi connectivity index (χ0n) is 9.16. The number of rotatable bonds is 2. The zero-order chi connectivity index (χ0) is 12.4. The van der Waals surface area contributed by atoms with Crippen LogP contribution in [0.2, 0.25) is 0 Å². The summed E-state index contributed by atoms with van der Waals surface area (Å²) in [6.07, 6.45) is 1.48. The molecule has 5 heteroatoms. The van der Waals surface area contributed by atoms with Crippen LogP contribution in [-0.2, 0) is 0 Å². The van der Waals surface area contributed by atoms with Gasteiger partial charge in [-0.05, 0) is 47.1 Å². The lowest BCUT2D eigenvalue weighted by atomic mass is 10.2. The molecule has 0 unspecified atom stereocenters. The van der Waals surface area contributed by atoms with Crippen molar-refractivity contribution in [2.45, 2.75) is 6.92 Å². The molecule has 0 saturated heterocycles. The molecule has 2 aromatic rings. The minimum Gasteiger partial charge on any atom is -0.469 e. The molecule has 0 aliphatic carbocycles. The summed E-state index contributed by atoms with van der Waals surface area (Å²) in [6.45, 7) is 1.74. The Kier molecular flexibility index (Phi) is 3.19. The number of anilines is 2. The fourth-order valence-corrected chi connectivity index (χ4v) is 1.79. The normalized spacial score (nSPS) is 10.2. The van der Waals surface area contributed by atoms with E-state index in [0.29, 0.717) is 22.7 Å². The lowest BCUT2D eigenvalue weighted by Gasteiger charge is -2.07. The van der Waals surface area contributed by atoms with Gasteiger partial charge in [0.1, 0.15) is 5.76 Å². The molecule has 0 fully saturated rings. The number of carbonyl (C=O) groups excluding carboxylic acids is 1. The number of aryl methyl sites for hydroxylation is 1. The standard InChI is InChI=1S/C12H11BrN2O2/c1-7-9(4-5-17-7)12(16)15-11-6-8(14)2-3-10(11)13/h2-6H,14H2,1H3,(H,15,16). The quantitative estimate of drug-likeness (QED) is 0.836. The van der Waals surface area contributed by atoms with E-state index < -0.39 is 0 Å². The van der Waals surface area contributed by atoms with Crippen LogP contribution in [-0.4, -0.2) is 5.91 Å². The third-order valence-corrected chi connectivity index (χ3v) is 3.03. The summed E-state index contributed by atoms with van der Waals surface area (Å²) in [7, 11) is 0. The van der Waals surface area contributed by atoms with Crippen molar-refractivity contribution < 1.29 is 9.21 Å². The molecule has 17 heavy (non-hydrogen) atoms. The van der Waals surface area contributed by atoms with Crippen LogP contribution < -0.4 is 11.1 Å². The van der Waals surface area contributed by atoms with Gasteiger partial charge in [-0.15, -0.1) is 0 Å². The van der Waals surface area contributed by atoms with E-state index >= 15 is 0 Å². The first-order chi connectivity index (χ1) is 8.08. The number of amides is 1. The molecule has 4 nitrogen and oxygen atoms in total. The van der Waals surface area contributed by atoms with Gasteiger partial charge in [0.25, 0.3) is 5.91 Å². The maximum atomic E-state index is 11.9. The molecule has 0 aliphatic heterocycles. The van der Waals surface area contributed by atoms with Crippen LogP contribution >= 0.6 is 15.9 Å². The summed E-state index contributed by atoms with van der Waals surface area (Å²) < 4.78 is 5.86. The Morgan fingerprint density at radius 3 is 2.82 bits per heavy atom. The summed E-state index contributed by atoms with van der Waals surface area (Å²) in [4.78, 5) is 11.9. The van der Waals surface area contributed by atoms with Crippen molar-refractivity contribution in [3.05, 3.63) is 46.3 Å². The van der Waals surface area contributed by atoms with Crippen molar-refractivity contribution >= 4 is 33.2 Å². The second-order valence-electron chi connectivity index (χ2n) is 3.58. The van der Waals surface area contributed by atoms with Gasteiger partial charge in [-0.25, -0.2) is 0 Å². The van der Waals surface area contributed by atoms with Crippen LogP contribution in [0.1, 0.15) is 16.1 Å². The van der Waals surface area contributed by atoms with Crippen molar-refractivity contribution in [1.29, 1.82) is 0 Å². The summed E-state index contributed by atoms with van der Waals surface area (Å²) >= 11 is 3.35. The average Bonchev–Trinajstić information content (AvgIpc) is 2.70. The van der Waals surface area contributed by atoms with E-state index in [0.717, 1.165) is 4.47 Å². The van der Waals surface area contributed by atoms with Gasteiger partial charge in [0.15, 0.2) is 0 Å². The van der Waals surface area contributed by atoms with Crippen molar-refractivity contribution in [2.75, 3.05) is 11.1 Å². The van der Waals surface area contributed by atoms with Gasteiger partial charge in [0, 0.05) is 10.2 Å². The SMILES string of the molecule is Cc1occc1C(=O)Nc1cc(N)ccc1Br. The summed E-state index contributed by atoms with van der Waals surface area (Å²) in [5.74, 6) is 0.366. The molecule has 88 valence electrons. The van der Waals surface area contributed by atoms with E-state index in [9.17, 15) is 4.79 Å². The van der Waals surface area contributed by atoms with E-state index in [1.165, 1.54) is 6.26 Å². The number of furan rings is 1. The maximum Gasteiger partial charge on any atom is 0.259 e. The Morgan fingerprint density at radius 2 is 2.18 bits per heavy atom. The van der Waals surface area contributed by atoms with Gasteiger partial charge < -0.3 is 15.5 Å². The van der Waals surface area contributed by atoms with Crippen LogP contribution in [0.5, 0.6) is 0 Å². The number of hydrogen-bond acceptors (Lipinski definition) is 3. The van der Waals surface area contributed by atoms with Gasteiger partial charge in [-0.2, -0.15) is 0 Å². The van der Waals surface area contributed by atoms with Crippen LogP contribution in [0.3, 0.4) is 0 Å². The predicted molar refractivity (Wildman–Crippen MR) is 70.0 cm³/mol.